The minimum absolute atomic E-state index is 0.236. The van der Waals surface area contributed by atoms with Crippen LogP contribution in [0.15, 0.2) is 76.3 Å². The Labute approximate surface area is 176 Å². The lowest BCUT2D eigenvalue weighted by molar-refractivity contribution is 0.0954. The van der Waals surface area contributed by atoms with E-state index in [1.165, 1.54) is 18.3 Å². The van der Waals surface area contributed by atoms with Gasteiger partial charge in [-0.25, -0.2) is 9.82 Å². The number of carbonyl (C=O) groups is 1. The van der Waals surface area contributed by atoms with Crippen molar-refractivity contribution in [1.29, 1.82) is 0 Å². The first-order chi connectivity index (χ1) is 14.1. The zero-order chi connectivity index (χ0) is 20.6. The Morgan fingerprint density at radius 1 is 1.14 bits per heavy atom. The van der Waals surface area contributed by atoms with Gasteiger partial charge in [0.25, 0.3) is 5.91 Å². The van der Waals surface area contributed by atoms with Crippen molar-refractivity contribution >= 4 is 28.1 Å². The number of hydrazone groups is 1. The number of nitrogens with zero attached hydrogens (tertiary/aromatic N) is 1. The maximum atomic E-state index is 13.0. The summed E-state index contributed by atoms with van der Waals surface area (Å²) in [5, 5.41) is 4.01. The summed E-state index contributed by atoms with van der Waals surface area (Å²) in [7, 11) is 1.57. The van der Waals surface area contributed by atoms with Gasteiger partial charge in [-0.2, -0.15) is 5.10 Å². The highest BCUT2D eigenvalue weighted by Crippen LogP contribution is 2.22. The lowest BCUT2D eigenvalue weighted by Gasteiger charge is -2.11. The van der Waals surface area contributed by atoms with Crippen molar-refractivity contribution < 1.29 is 18.7 Å². The quantitative estimate of drug-likeness (QED) is 0.404. The number of nitrogens with one attached hydrogen (secondary N) is 1. The van der Waals surface area contributed by atoms with Crippen molar-refractivity contribution in [2.24, 2.45) is 5.10 Å². The topological polar surface area (TPSA) is 59.9 Å². The molecule has 0 saturated heterocycles. The van der Waals surface area contributed by atoms with E-state index in [0.717, 1.165) is 11.1 Å². The fourth-order valence-corrected chi connectivity index (χ4v) is 3.02. The smallest absolute Gasteiger partial charge is 0.272 e. The van der Waals surface area contributed by atoms with Gasteiger partial charge in [0, 0.05) is 10.0 Å². The molecule has 0 saturated carbocycles. The van der Waals surface area contributed by atoms with E-state index in [0.29, 0.717) is 21.5 Å². The fourth-order valence-electron chi connectivity index (χ4n) is 2.55. The second-order valence-electron chi connectivity index (χ2n) is 5.99. The van der Waals surface area contributed by atoms with Crippen LogP contribution in [0.5, 0.6) is 11.5 Å². The third-order valence-electron chi connectivity index (χ3n) is 4.01. The number of methoxy groups -OCH3 is 1. The SMILES string of the molecule is COc1ccc(/C=N\NC(=O)c2ccccc2Br)cc1COc1ccc(F)cc1. The Morgan fingerprint density at radius 2 is 1.90 bits per heavy atom. The molecule has 0 bridgehead atoms. The van der Waals surface area contributed by atoms with Crippen LogP contribution in [-0.2, 0) is 6.61 Å². The predicted molar refractivity (Wildman–Crippen MR) is 113 cm³/mol. The van der Waals surface area contributed by atoms with Gasteiger partial charge in [0.2, 0.25) is 0 Å². The summed E-state index contributed by atoms with van der Waals surface area (Å²) < 4.78 is 24.8. The van der Waals surface area contributed by atoms with Gasteiger partial charge in [-0.15, -0.1) is 0 Å². The second kappa shape index (κ2) is 9.84. The molecule has 0 aromatic heterocycles. The summed E-state index contributed by atoms with van der Waals surface area (Å²) >= 11 is 3.34. The molecule has 0 radical (unpaired) electrons. The summed E-state index contributed by atoms with van der Waals surface area (Å²) in [4.78, 5) is 12.2. The number of hydrogen-bond donors (Lipinski definition) is 1. The molecule has 29 heavy (non-hydrogen) atoms. The molecule has 0 unspecified atom stereocenters. The first-order valence-electron chi connectivity index (χ1n) is 8.70. The van der Waals surface area contributed by atoms with Crippen molar-refractivity contribution in [3.63, 3.8) is 0 Å². The molecule has 0 spiro atoms. The highest BCUT2D eigenvalue weighted by Gasteiger charge is 2.08. The number of ether oxygens (including phenoxy) is 2. The average Bonchev–Trinajstić information content (AvgIpc) is 2.73. The minimum atomic E-state index is -0.322. The molecule has 5 nitrogen and oxygen atoms in total. The van der Waals surface area contributed by atoms with E-state index >= 15 is 0 Å². The second-order valence-corrected chi connectivity index (χ2v) is 6.85. The lowest BCUT2D eigenvalue weighted by atomic mass is 10.1. The highest BCUT2D eigenvalue weighted by atomic mass is 79.9. The molecule has 1 amide bonds. The molecule has 148 valence electrons. The fraction of sp³-hybridized carbons (Fsp3) is 0.0909. The van der Waals surface area contributed by atoms with Crippen LogP contribution < -0.4 is 14.9 Å². The van der Waals surface area contributed by atoms with Gasteiger partial charge in [0.05, 0.1) is 18.9 Å². The number of amides is 1. The van der Waals surface area contributed by atoms with Crippen LogP contribution >= 0.6 is 15.9 Å². The number of carbonyl (C=O) groups excluding carboxylic acids is 1. The summed E-state index contributed by atoms with van der Waals surface area (Å²) in [5.41, 5.74) is 4.55. The van der Waals surface area contributed by atoms with E-state index < -0.39 is 0 Å². The van der Waals surface area contributed by atoms with E-state index in [9.17, 15) is 9.18 Å². The van der Waals surface area contributed by atoms with E-state index in [1.807, 2.05) is 18.2 Å². The van der Waals surface area contributed by atoms with Gasteiger partial charge >= 0.3 is 0 Å². The maximum absolute atomic E-state index is 13.0. The highest BCUT2D eigenvalue weighted by molar-refractivity contribution is 9.10. The summed E-state index contributed by atoms with van der Waals surface area (Å²) in [5.74, 6) is 0.564. The van der Waals surface area contributed by atoms with Crippen LogP contribution in [-0.4, -0.2) is 19.2 Å². The maximum Gasteiger partial charge on any atom is 0.272 e. The number of benzene rings is 3. The lowest BCUT2D eigenvalue weighted by Crippen LogP contribution is -2.18. The Bertz CT molecular complexity index is 1020. The third kappa shape index (κ3) is 5.65. The van der Waals surface area contributed by atoms with E-state index in [-0.39, 0.29) is 18.3 Å². The molecule has 7 heteroatoms. The molecule has 3 aromatic carbocycles. The molecule has 0 heterocycles. The third-order valence-corrected chi connectivity index (χ3v) is 4.70. The molecule has 0 aliphatic carbocycles. The van der Waals surface area contributed by atoms with Crippen LogP contribution in [0.1, 0.15) is 21.5 Å². The van der Waals surface area contributed by atoms with Crippen LogP contribution in [0, 0.1) is 5.82 Å². The zero-order valence-corrected chi connectivity index (χ0v) is 17.1. The zero-order valence-electron chi connectivity index (χ0n) is 15.6. The summed E-state index contributed by atoms with van der Waals surface area (Å²) in [6.45, 7) is 0.236. The molecule has 0 aliphatic rings. The van der Waals surface area contributed by atoms with Gasteiger partial charge in [-0.1, -0.05) is 12.1 Å². The Balaban J connectivity index is 1.67. The number of hydrogen-bond acceptors (Lipinski definition) is 4. The Morgan fingerprint density at radius 3 is 2.62 bits per heavy atom. The van der Waals surface area contributed by atoms with E-state index in [2.05, 4.69) is 26.5 Å². The van der Waals surface area contributed by atoms with E-state index in [4.69, 9.17) is 9.47 Å². The van der Waals surface area contributed by atoms with Crippen molar-refractivity contribution in [2.75, 3.05) is 7.11 Å². The minimum Gasteiger partial charge on any atom is -0.496 e. The van der Waals surface area contributed by atoms with Crippen molar-refractivity contribution in [1.82, 2.24) is 5.43 Å². The van der Waals surface area contributed by atoms with Crippen LogP contribution in [0.3, 0.4) is 0 Å². The molecule has 3 aromatic rings. The van der Waals surface area contributed by atoms with Crippen molar-refractivity contribution in [2.45, 2.75) is 6.61 Å². The molecule has 0 aliphatic heterocycles. The summed E-state index contributed by atoms with van der Waals surface area (Å²) in [6, 6.07) is 18.3. The van der Waals surface area contributed by atoms with Crippen LogP contribution in [0.2, 0.25) is 0 Å². The van der Waals surface area contributed by atoms with Gasteiger partial charge in [-0.05, 0) is 76.1 Å². The molecular formula is C22H18BrFN2O3. The monoisotopic (exact) mass is 456 g/mol. The Kier molecular flexibility index (Phi) is 6.97. The Hall–Kier alpha value is -3.19. The van der Waals surface area contributed by atoms with Crippen LogP contribution in [0.25, 0.3) is 0 Å². The van der Waals surface area contributed by atoms with Crippen molar-refractivity contribution in [3.05, 3.63) is 93.7 Å². The van der Waals surface area contributed by atoms with E-state index in [1.54, 1.807) is 43.5 Å². The average molecular weight is 457 g/mol. The normalized spacial score (nSPS) is 10.7. The van der Waals surface area contributed by atoms with Crippen LogP contribution in [0.4, 0.5) is 4.39 Å². The van der Waals surface area contributed by atoms with Gasteiger partial charge in [0.1, 0.15) is 23.9 Å². The largest absolute Gasteiger partial charge is 0.496 e. The molecular weight excluding hydrogens is 439 g/mol. The first kappa shape index (κ1) is 20.5. The molecule has 3 rings (SSSR count). The molecule has 0 fully saturated rings. The van der Waals surface area contributed by atoms with Gasteiger partial charge in [-0.3, -0.25) is 4.79 Å². The predicted octanol–water partition coefficient (Wildman–Crippen LogP) is 4.94. The van der Waals surface area contributed by atoms with Crippen molar-refractivity contribution in [3.8, 4) is 11.5 Å². The summed E-state index contributed by atoms with van der Waals surface area (Å²) in [6.07, 6.45) is 1.54. The number of halogens is 2. The van der Waals surface area contributed by atoms with Gasteiger partial charge < -0.3 is 9.47 Å². The standard InChI is InChI=1S/C22H18BrFN2O3/c1-28-21-11-6-15(12-16(21)14-29-18-9-7-17(24)8-10-18)13-25-26-22(27)19-4-2-3-5-20(19)23/h2-13H,14H2,1H3,(H,26,27)/b25-13-. The number of rotatable bonds is 7. The molecule has 1 N–H and O–H groups in total. The first-order valence-corrected chi connectivity index (χ1v) is 9.49. The molecule has 0 atom stereocenters. The van der Waals surface area contributed by atoms with Gasteiger partial charge in [0.15, 0.2) is 0 Å².